The van der Waals surface area contributed by atoms with Gasteiger partial charge in [-0.25, -0.2) is 0 Å². The van der Waals surface area contributed by atoms with E-state index in [1.165, 1.54) is 0 Å². The molecule has 1 rings (SSSR count). The molecular formula is C13H21NO2. The molecule has 1 aromatic rings. The fourth-order valence-electron chi connectivity index (χ4n) is 1.64. The standard InChI is InChI=1S/C13H21NO2/c1-4-12(15)6-5-9-14(3)10-13-8-7-11(2)16-13/h7-8H,4-6,9-10H2,1-3H3. The van der Waals surface area contributed by atoms with Gasteiger partial charge in [-0.2, -0.15) is 0 Å². The third kappa shape index (κ3) is 4.62. The molecule has 0 saturated carbocycles. The normalized spacial score (nSPS) is 11.0. The van der Waals surface area contributed by atoms with E-state index in [1.807, 2.05) is 33.0 Å². The molecule has 0 spiro atoms. The van der Waals surface area contributed by atoms with Gasteiger partial charge in [0.2, 0.25) is 0 Å². The molecule has 0 amide bonds. The molecule has 0 N–H and O–H groups in total. The van der Waals surface area contributed by atoms with E-state index in [2.05, 4.69) is 4.90 Å². The fourth-order valence-corrected chi connectivity index (χ4v) is 1.64. The zero-order valence-electron chi connectivity index (χ0n) is 10.5. The van der Waals surface area contributed by atoms with Crippen LogP contribution in [0.2, 0.25) is 0 Å². The van der Waals surface area contributed by atoms with Crippen LogP contribution >= 0.6 is 0 Å². The summed E-state index contributed by atoms with van der Waals surface area (Å²) in [5.74, 6) is 2.29. The van der Waals surface area contributed by atoms with Gasteiger partial charge >= 0.3 is 0 Å². The van der Waals surface area contributed by atoms with Gasteiger partial charge in [-0.3, -0.25) is 9.69 Å². The first kappa shape index (κ1) is 13.0. The van der Waals surface area contributed by atoms with Crippen molar-refractivity contribution in [3.05, 3.63) is 23.7 Å². The second-order valence-corrected chi connectivity index (χ2v) is 4.25. The lowest BCUT2D eigenvalue weighted by atomic mass is 10.2. The van der Waals surface area contributed by atoms with Gasteiger partial charge in [-0.1, -0.05) is 6.92 Å². The molecule has 0 radical (unpaired) electrons. The van der Waals surface area contributed by atoms with Crippen molar-refractivity contribution >= 4 is 5.78 Å². The maximum Gasteiger partial charge on any atom is 0.132 e. The lowest BCUT2D eigenvalue weighted by Crippen LogP contribution is -2.19. The maximum absolute atomic E-state index is 11.1. The first-order valence-corrected chi connectivity index (χ1v) is 5.87. The van der Waals surface area contributed by atoms with E-state index in [0.29, 0.717) is 18.6 Å². The number of hydrogen-bond donors (Lipinski definition) is 0. The molecule has 0 unspecified atom stereocenters. The van der Waals surface area contributed by atoms with Gasteiger partial charge in [0.05, 0.1) is 6.54 Å². The number of aryl methyl sites for hydroxylation is 1. The molecule has 0 aliphatic rings. The Hall–Kier alpha value is -1.09. The van der Waals surface area contributed by atoms with Crippen molar-refractivity contribution in [2.24, 2.45) is 0 Å². The van der Waals surface area contributed by atoms with E-state index in [-0.39, 0.29) is 0 Å². The maximum atomic E-state index is 11.1. The zero-order chi connectivity index (χ0) is 12.0. The summed E-state index contributed by atoms with van der Waals surface area (Å²) in [6.45, 7) is 5.61. The molecule has 3 nitrogen and oxygen atoms in total. The number of hydrogen-bond acceptors (Lipinski definition) is 3. The topological polar surface area (TPSA) is 33.5 Å². The predicted octanol–water partition coefficient (Wildman–Crippen LogP) is 2.78. The van der Waals surface area contributed by atoms with Crippen molar-refractivity contribution in [3.8, 4) is 0 Å². The smallest absolute Gasteiger partial charge is 0.132 e. The SMILES string of the molecule is CCC(=O)CCCN(C)Cc1ccc(C)o1. The Kier molecular flexibility index (Phi) is 5.26. The molecule has 1 heterocycles. The van der Waals surface area contributed by atoms with Crippen molar-refractivity contribution in [3.63, 3.8) is 0 Å². The van der Waals surface area contributed by atoms with Crippen LogP contribution in [0.3, 0.4) is 0 Å². The Balaban J connectivity index is 2.20. The number of ketones is 1. The van der Waals surface area contributed by atoms with Crippen LogP contribution in [0.15, 0.2) is 16.5 Å². The number of rotatable bonds is 7. The summed E-state index contributed by atoms with van der Waals surface area (Å²) in [5, 5.41) is 0. The van der Waals surface area contributed by atoms with Crippen LogP contribution in [0.25, 0.3) is 0 Å². The minimum Gasteiger partial charge on any atom is -0.465 e. The van der Waals surface area contributed by atoms with E-state index >= 15 is 0 Å². The fraction of sp³-hybridized carbons (Fsp3) is 0.615. The highest BCUT2D eigenvalue weighted by atomic mass is 16.3. The van der Waals surface area contributed by atoms with E-state index in [0.717, 1.165) is 31.0 Å². The molecule has 1 aromatic heterocycles. The molecular weight excluding hydrogens is 202 g/mol. The summed E-state index contributed by atoms with van der Waals surface area (Å²) < 4.78 is 5.49. The Bertz CT molecular complexity index is 330. The van der Waals surface area contributed by atoms with Gasteiger partial charge in [0, 0.05) is 12.8 Å². The Morgan fingerprint density at radius 2 is 2.19 bits per heavy atom. The minimum absolute atomic E-state index is 0.349. The summed E-state index contributed by atoms with van der Waals surface area (Å²) in [4.78, 5) is 13.3. The lowest BCUT2D eigenvalue weighted by molar-refractivity contribution is -0.118. The quantitative estimate of drug-likeness (QED) is 0.712. The van der Waals surface area contributed by atoms with Crippen molar-refractivity contribution in [1.82, 2.24) is 4.90 Å². The Labute approximate surface area is 97.4 Å². The monoisotopic (exact) mass is 223 g/mol. The van der Waals surface area contributed by atoms with Gasteiger partial charge < -0.3 is 4.42 Å². The van der Waals surface area contributed by atoms with E-state index in [1.54, 1.807) is 0 Å². The van der Waals surface area contributed by atoms with Crippen LogP contribution in [-0.4, -0.2) is 24.3 Å². The van der Waals surface area contributed by atoms with Crippen molar-refractivity contribution in [2.45, 2.75) is 39.7 Å². The van der Waals surface area contributed by atoms with Gasteiger partial charge in [-0.05, 0) is 39.1 Å². The third-order valence-corrected chi connectivity index (χ3v) is 2.61. The average Bonchev–Trinajstić information content (AvgIpc) is 2.63. The second-order valence-electron chi connectivity index (χ2n) is 4.25. The second kappa shape index (κ2) is 6.48. The van der Waals surface area contributed by atoms with Crippen molar-refractivity contribution in [1.29, 1.82) is 0 Å². The average molecular weight is 223 g/mol. The van der Waals surface area contributed by atoms with E-state index in [9.17, 15) is 4.79 Å². The van der Waals surface area contributed by atoms with E-state index in [4.69, 9.17) is 4.42 Å². The lowest BCUT2D eigenvalue weighted by Gasteiger charge is -2.14. The summed E-state index contributed by atoms with van der Waals surface area (Å²) >= 11 is 0. The summed E-state index contributed by atoms with van der Waals surface area (Å²) in [6.07, 6.45) is 2.28. The molecule has 0 aliphatic heterocycles. The predicted molar refractivity (Wildman–Crippen MR) is 64.3 cm³/mol. The van der Waals surface area contributed by atoms with Crippen molar-refractivity contribution in [2.75, 3.05) is 13.6 Å². The first-order valence-electron chi connectivity index (χ1n) is 5.87. The van der Waals surface area contributed by atoms with Crippen LogP contribution in [-0.2, 0) is 11.3 Å². The number of carbonyl (C=O) groups is 1. The van der Waals surface area contributed by atoms with Gasteiger partial charge in [0.1, 0.15) is 17.3 Å². The zero-order valence-corrected chi connectivity index (χ0v) is 10.5. The van der Waals surface area contributed by atoms with Crippen LogP contribution in [0.1, 0.15) is 37.7 Å². The first-order chi connectivity index (χ1) is 7.61. The number of carbonyl (C=O) groups excluding carboxylic acids is 1. The Morgan fingerprint density at radius 1 is 1.44 bits per heavy atom. The summed E-state index contributed by atoms with van der Waals surface area (Å²) in [6, 6.07) is 3.98. The third-order valence-electron chi connectivity index (χ3n) is 2.61. The molecule has 3 heteroatoms. The van der Waals surface area contributed by atoms with Crippen LogP contribution in [0.5, 0.6) is 0 Å². The molecule has 0 fully saturated rings. The molecule has 0 bridgehead atoms. The largest absolute Gasteiger partial charge is 0.465 e. The Morgan fingerprint density at radius 3 is 2.75 bits per heavy atom. The number of furan rings is 1. The molecule has 0 aliphatic carbocycles. The van der Waals surface area contributed by atoms with Gasteiger partial charge in [0.25, 0.3) is 0 Å². The highest BCUT2D eigenvalue weighted by molar-refractivity contribution is 5.77. The number of Topliss-reactive ketones (excluding diaryl/α,β-unsaturated/α-hetero) is 1. The van der Waals surface area contributed by atoms with Crippen LogP contribution < -0.4 is 0 Å². The van der Waals surface area contributed by atoms with Crippen molar-refractivity contribution < 1.29 is 9.21 Å². The number of nitrogens with zero attached hydrogens (tertiary/aromatic N) is 1. The molecule has 90 valence electrons. The van der Waals surface area contributed by atoms with Gasteiger partial charge in [0.15, 0.2) is 0 Å². The van der Waals surface area contributed by atoms with Crippen LogP contribution in [0, 0.1) is 6.92 Å². The summed E-state index contributed by atoms with van der Waals surface area (Å²) in [5.41, 5.74) is 0. The van der Waals surface area contributed by atoms with E-state index < -0.39 is 0 Å². The highest BCUT2D eigenvalue weighted by Gasteiger charge is 2.05. The molecule has 0 saturated heterocycles. The van der Waals surface area contributed by atoms with Gasteiger partial charge in [-0.15, -0.1) is 0 Å². The van der Waals surface area contributed by atoms with Crippen LogP contribution in [0.4, 0.5) is 0 Å². The molecule has 0 atom stereocenters. The minimum atomic E-state index is 0.349. The highest BCUT2D eigenvalue weighted by Crippen LogP contribution is 2.09. The summed E-state index contributed by atoms with van der Waals surface area (Å²) in [7, 11) is 2.05. The molecule has 0 aromatic carbocycles. The molecule has 16 heavy (non-hydrogen) atoms.